The maximum absolute atomic E-state index is 12.5. The standard InChI is InChI=1S/C17H26N2OS/c1-4-6-7-12-19-16(18-15(5-2)17(19)20)13-8-10-14(21-3)11-9-13/h8-11,15-16,18H,4-7,12H2,1-3H3. The summed E-state index contributed by atoms with van der Waals surface area (Å²) in [5.41, 5.74) is 1.19. The number of rotatable bonds is 7. The Morgan fingerprint density at radius 2 is 1.90 bits per heavy atom. The number of thioether (sulfide) groups is 1. The maximum Gasteiger partial charge on any atom is 0.241 e. The number of carbonyl (C=O) groups is 1. The van der Waals surface area contributed by atoms with Crippen molar-refractivity contribution in [3.8, 4) is 0 Å². The molecule has 116 valence electrons. The van der Waals surface area contributed by atoms with Gasteiger partial charge < -0.3 is 4.90 Å². The minimum Gasteiger partial charge on any atom is -0.322 e. The van der Waals surface area contributed by atoms with Crippen molar-refractivity contribution in [3.63, 3.8) is 0 Å². The van der Waals surface area contributed by atoms with Gasteiger partial charge in [-0.25, -0.2) is 0 Å². The van der Waals surface area contributed by atoms with E-state index in [1.807, 2.05) is 4.90 Å². The lowest BCUT2D eigenvalue weighted by atomic mass is 10.1. The number of hydrogen-bond acceptors (Lipinski definition) is 3. The molecule has 3 nitrogen and oxygen atoms in total. The molecular formula is C17H26N2OS. The van der Waals surface area contributed by atoms with Crippen LogP contribution in [-0.4, -0.2) is 29.6 Å². The molecule has 1 fully saturated rings. The van der Waals surface area contributed by atoms with E-state index >= 15 is 0 Å². The molecule has 0 radical (unpaired) electrons. The predicted molar refractivity (Wildman–Crippen MR) is 89.4 cm³/mol. The fourth-order valence-electron chi connectivity index (χ4n) is 2.81. The summed E-state index contributed by atoms with van der Waals surface area (Å²) < 4.78 is 0. The monoisotopic (exact) mass is 306 g/mol. The fourth-order valence-corrected chi connectivity index (χ4v) is 3.21. The molecular weight excluding hydrogens is 280 g/mol. The number of hydrogen-bond donors (Lipinski definition) is 1. The van der Waals surface area contributed by atoms with E-state index < -0.39 is 0 Å². The van der Waals surface area contributed by atoms with Gasteiger partial charge in [-0.2, -0.15) is 0 Å². The number of nitrogens with one attached hydrogen (secondary N) is 1. The van der Waals surface area contributed by atoms with Crippen LogP contribution in [0.25, 0.3) is 0 Å². The van der Waals surface area contributed by atoms with E-state index in [0.29, 0.717) is 0 Å². The lowest BCUT2D eigenvalue weighted by Gasteiger charge is -2.24. The predicted octanol–water partition coefficient (Wildman–Crippen LogP) is 3.81. The quantitative estimate of drug-likeness (QED) is 0.614. The van der Waals surface area contributed by atoms with Gasteiger partial charge in [0.25, 0.3) is 0 Å². The summed E-state index contributed by atoms with van der Waals surface area (Å²) in [6.07, 6.45) is 6.41. The van der Waals surface area contributed by atoms with E-state index in [9.17, 15) is 4.79 Å². The van der Waals surface area contributed by atoms with Gasteiger partial charge in [-0.05, 0) is 36.8 Å². The van der Waals surface area contributed by atoms with Gasteiger partial charge in [-0.3, -0.25) is 10.1 Å². The molecule has 4 heteroatoms. The second kappa shape index (κ2) is 7.85. The number of benzene rings is 1. The third kappa shape index (κ3) is 3.80. The number of nitrogens with zero attached hydrogens (tertiary/aromatic N) is 1. The van der Waals surface area contributed by atoms with Crippen LogP contribution in [0.4, 0.5) is 0 Å². The number of unbranched alkanes of at least 4 members (excludes halogenated alkanes) is 2. The molecule has 1 N–H and O–H groups in total. The molecule has 2 rings (SSSR count). The molecule has 1 aromatic carbocycles. The van der Waals surface area contributed by atoms with Crippen molar-refractivity contribution in [2.24, 2.45) is 0 Å². The number of amides is 1. The zero-order valence-corrected chi connectivity index (χ0v) is 14.1. The van der Waals surface area contributed by atoms with Gasteiger partial charge >= 0.3 is 0 Å². The first-order chi connectivity index (χ1) is 10.2. The van der Waals surface area contributed by atoms with Crippen molar-refractivity contribution in [2.75, 3.05) is 12.8 Å². The summed E-state index contributed by atoms with van der Waals surface area (Å²) >= 11 is 1.74. The van der Waals surface area contributed by atoms with Crippen LogP contribution in [0.1, 0.15) is 51.3 Å². The highest BCUT2D eigenvalue weighted by Gasteiger charge is 2.37. The van der Waals surface area contributed by atoms with Gasteiger partial charge in [0.2, 0.25) is 5.91 Å². The van der Waals surface area contributed by atoms with Gasteiger partial charge in [0.05, 0.1) is 6.04 Å². The highest BCUT2D eigenvalue weighted by molar-refractivity contribution is 7.98. The first kappa shape index (κ1) is 16.4. The average molecular weight is 306 g/mol. The highest BCUT2D eigenvalue weighted by atomic mass is 32.2. The van der Waals surface area contributed by atoms with Gasteiger partial charge in [0.15, 0.2) is 0 Å². The first-order valence-electron chi connectivity index (χ1n) is 7.91. The third-order valence-corrected chi connectivity index (χ3v) is 4.84. The van der Waals surface area contributed by atoms with E-state index in [4.69, 9.17) is 0 Å². The fraction of sp³-hybridized carbons (Fsp3) is 0.588. The maximum atomic E-state index is 12.5. The first-order valence-corrected chi connectivity index (χ1v) is 9.14. The Bertz CT molecular complexity index is 460. The molecule has 0 aromatic heterocycles. The largest absolute Gasteiger partial charge is 0.322 e. The minimum absolute atomic E-state index is 0.0307. The average Bonchev–Trinajstić information content (AvgIpc) is 2.84. The summed E-state index contributed by atoms with van der Waals surface area (Å²) in [6.45, 7) is 5.11. The highest BCUT2D eigenvalue weighted by Crippen LogP contribution is 2.28. The molecule has 2 atom stereocenters. The van der Waals surface area contributed by atoms with Gasteiger partial charge in [-0.15, -0.1) is 11.8 Å². The topological polar surface area (TPSA) is 32.3 Å². The molecule has 1 aromatic rings. The molecule has 0 spiro atoms. The third-order valence-electron chi connectivity index (χ3n) is 4.09. The van der Waals surface area contributed by atoms with Crippen LogP contribution in [0.2, 0.25) is 0 Å². The van der Waals surface area contributed by atoms with Crippen LogP contribution in [0, 0.1) is 0 Å². The molecule has 21 heavy (non-hydrogen) atoms. The van der Waals surface area contributed by atoms with E-state index in [-0.39, 0.29) is 18.1 Å². The SMILES string of the molecule is CCCCCN1C(=O)C(CC)NC1c1ccc(SC)cc1. The second-order valence-corrected chi connectivity index (χ2v) is 6.42. The molecule has 1 saturated heterocycles. The van der Waals surface area contributed by atoms with Crippen molar-refractivity contribution >= 4 is 17.7 Å². The summed E-state index contributed by atoms with van der Waals surface area (Å²) in [5, 5.41) is 3.49. The Hall–Kier alpha value is -1.00. The lowest BCUT2D eigenvalue weighted by molar-refractivity contribution is -0.130. The van der Waals surface area contributed by atoms with E-state index in [0.717, 1.165) is 19.4 Å². The van der Waals surface area contributed by atoms with Crippen molar-refractivity contribution in [2.45, 2.75) is 56.6 Å². The van der Waals surface area contributed by atoms with Crippen molar-refractivity contribution in [3.05, 3.63) is 29.8 Å². The Balaban J connectivity index is 2.14. The van der Waals surface area contributed by atoms with Crippen LogP contribution in [0.3, 0.4) is 0 Å². The normalized spacial score (nSPS) is 22.0. The van der Waals surface area contributed by atoms with E-state index in [1.165, 1.54) is 23.3 Å². The van der Waals surface area contributed by atoms with E-state index in [1.54, 1.807) is 11.8 Å². The summed E-state index contributed by atoms with van der Waals surface area (Å²) in [5.74, 6) is 0.257. The van der Waals surface area contributed by atoms with E-state index in [2.05, 4.69) is 49.7 Å². The molecule has 1 amide bonds. The van der Waals surface area contributed by atoms with Gasteiger partial charge in [0, 0.05) is 11.4 Å². The van der Waals surface area contributed by atoms with Crippen LogP contribution in [0.15, 0.2) is 29.2 Å². The summed E-state index contributed by atoms with van der Waals surface area (Å²) in [7, 11) is 0. The lowest BCUT2D eigenvalue weighted by Crippen LogP contribution is -2.31. The minimum atomic E-state index is -0.0307. The molecule has 0 saturated carbocycles. The Morgan fingerprint density at radius 3 is 2.48 bits per heavy atom. The van der Waals surface area contributed by atoms with Crippen LogP contribution < -0.4 is 5.32 Å². The Kier molecular flexibility index (Phi) is 6.12. The molecule has 0 bridgehead atoms. The molecule has 1 aliphatic rings. The van der Waals surface area contributed by atoms with Gasteiger partial charge in [0.1, 0.15) is 6.17 Å². The van der Waals surface area contributed by atoms with Crippen LogP contribution in [0.5, 0.6) is 0 Å². The molecule has 1 heterocycles. The molecule has 1 aliphatic heterocycles. The Labute approximate surface area is 132 Å². The second-order valence-electron chi connectivity index (χ2n) is 5.54. The zero-order chi connectivity index (χ0) is 15.2. The smallest absolute Gasteiger partial charge is 0.241 e. The summed E-state index contributed by atoms with van der Waals surface area (Å²) in [6, 6.07) is 8.52. The molecule has 0 aliphatic carbocycles. The van der Waals surface area contributed by atoms with Crippen LogP contribution >= 0.6 is 11.8 Å². The van der Waals surface area contributed by atoms with Gasteiger partial charge in [-0.1, -0.05) is 38.8 Å². The molecule has 2 unspecified atom stereocenters. The van der Waals surface area contributed by atoms with Crippen LogP contribution in [-0.2, 0) is 4.79 Å². The number of carbonyl (C=O) groups excluding carboxylic acids is 1. The Morgan fingerprint density at radius 1 is 1.19 bits per heavy atom. The summed E-state index contributed by atoms with van der Waals surface area (Å²) in [4.78, 5) is 15.8. The van der Waals surface area contributed by atoms with Crippen molar-refractivity contribution in [1.29, 1.82) is 0 Å². The van der Waals surface area contributed by atoms with Crippen molar-refractivity contribution < 1.29 is 4.79 Å². The van der Waals surface area contributed by atoms with Crippen molar-refractivity contribution in [1.82, 2.24) is 10.2 Å². The zero-order valence-electron chi connectivity index (χ0n) is 13.3.